The number of rotatable bonds is 3. The molecule has 1 aliphatic heterocycles. The van der Waals surface area contributed by atoms with E-state index in [2.05, 4.69) is 0 Å². The second-order valence-corrected chi connectivity index (χ2v) is 5.62. The lowest BCUT2D eigenvalue weighted by Crippen LogP contribution is -2.51. The molecule has 2 rings (SSSR count). The molecule has 1 aliphatic rings. The van der Waals surface area contributed by atoms with Crippen molar-refractivity contribution in [2.45, 2.75) is 38.3 Å². The van der Waals surface area contributed by atoms with Crippen molar-refractivity contribution in [3.05, 3.63) is 29.8 Å². The fourth-order valence-corrected chi connectivity index (χ4v) is 2.57. The van der Waals surface area contributed by atoms with Gasteiger partial charge in [0.15, 0.2) is 0 Å². The first-order valence-corrected chi connectivity index (χ1v) is 6.64. The Morgan fingerprint density at radius 3 is 2.53 bits per heavy atom. The highest BCUT2D eigenvalue weighted by Crippen LogP contribution is 2.28. The van der Waals surface area contributed by atoms with E-state index in [-0.39, 0.29) is 17.5 Å². The first kappa shape index (κ1) is 13.9. The molecule has 0 aliphatic carbocycles. The SMILES string of the molecule is COc1ccc(CC(=O)N2CCC(N)C2(C)C)cc1. The van der Waals surface area contributed by atoms with Crippen molar-refractivity contribution in [2.75, 3.05) is 13.7 Å². The highest BCUT2D eigenvalue weighted by Gasteiger charge is 2.41. The van der Waals surface area contributed by atoms with Crippen LogP contribution in [0.15, 0.2) is 24.3 Å². The van der Waals surface area contributed by atoms with Crippen molar-refractivity contribution < 1.29 is 9.53 Å². The minimum atomic E-state index is -0.246. The summed E-state index contributed by atoms with van der Waals surface area (Å²) in [7, 11) is 1.63. The largest absolute Gasteiger partial charge is 0.497 e. The molecule has 0 bridgehead atoms. The number of nitrogens with two attached hydrogens (primary N) is 1. The molecule has 2 N–H and O–H groups in total. The molecule has 1 aromatic rings. The number of ether oxygens (including phenoxy) is 1. The van der Waals surface area contributed by atoms with Crippen LogP contribution in [0.1, 0.15) is 25.8 Å². The Hall–Kier alpha value is -1.55. The van der Waals surface area contributed by atoms with Crippen LogP contribution in [-0.2, 0) is 11.2 Å². The molecule has 4 heteroatoms. The lowest BCUT2D eigenvalue weighted by Gasteiger charge is -2.34. The lowest BCUT2D eigenvalue weighted by atomic mass is 9.96. The number of hydrogen-bond acceptors (Lipinski definition) is 3. The fourth-order valence-electron chi connectivity index (χ4n) is 2.57. The van der Waals surface area contributed by atoms with E-state index in [4.69, 9.17) is 10.5 Å². The Balaban J connectivity index is 2.05. The predicted octanol–water partition coefficient (Wildman–Crippen LogP) is 1.58. The van der Waals surface area contributed by atoms with E-state index in [1.54, 1.807) is 7.11 Å². The zero-order valence-electron chi connectivity index (χ0n) is 11.8. The zero-order valence-corrected chi connectivity index (χ0v) is 11.8. The number of hydrogen-bond donors (Lipinski definition) is 1. The molecule has 19 heavy (non-hydrogen) atoms. The van der Waals surface area contributed by atoms with Crippen LogP contribution in [0, 0.1) is 0 Å². The summed E-state index contributed by atoms with van der Waals surface area (Å²) in [5.41, 5.74) is 6.82. The maximum absolute atomic E-state index is 12.4. The molecule has 1 amide bonds. The first-order valence-electron chi connectivity index (χ1n) is 6.64. The Bertz CT molecular complexity index is 454. The molecule has 0 spiro atoms. The lowest BCUT2D eigenvalue weighted by molar-refractivity contribution is -0.133. The van der Waals surface area contributed by atoms with Crippen LogP contribution in [0.3, 0.4) is 0 Å². The fraction of sp³-hybridized carbons (Fsp3) is 0.533. The first-order chi connectivity index (χ1) is 8.95. The Morgan fingerprint density at radius 1 is 1.42 bits per heavy atom. The van der Waals surface area contributed by atoms with Crippen molar-refractivity contribution in [1.29, 1.82) is 0 Å². The highest BCUT2D eigenvalue weighted by atomic mass is 16.5. The maximum atomic E-state index is 12.4. The van der Waals surface area contributed by atoms with Gasteiger partial charge in [-0.2, -0.15) is 0 Å². The summed E-state index contributed by atoms with van der Waals surface area (Å²) in [6.07, 6.45) is 1.29. The van der Waals surface area contributed by atoms with Crippen LogP contribution in [0.5, 0.6) is 5.75 Å². The molecule has 1 heterocycles. The van der Waals surface area contributed by atoms with Crippen LogP contribution in [0.4, 0.5) is 0 Å². The summed E-state index contributed by atoms with van der Waals surface area (Å²) < 4.78 is 5.11. The molecule has 4 nitrogen and oxygen atoms in total. The van der Waals surface area contributed by atoms with Gasteiger partial charge in [-0.3, -0.25) is 4.79 Å². The predicted molar refractivity (Wildman–Crippen MR) is 75.1 cm³/mol. The third-order valence-corrected chi connectivity index (χ3v) is 4.08. The van der Waals surface area contributed by atoms with Crippen molar-refractivity contribution in [2.24, 2.45) is 5.73 Å². The van der Waals surface area contributed by atoms with E-state index in [1.807, 2.05) is 43.0 Å². The van der Waals surface area contributed by atoms with Gasteiger partial charge in [-0.15, -0.1) is 0 Å². The van der Waals surface area contributed by atoms with Gasteiger partial charge in [0.25, 0.3) is 0 Å². The molecule has 1 atom stereocenters. The van der Waals surface area contributed by atoms with E-state index < -0.39 is 0 Å². The monoisotopic (exact) mass is 262 g/mol. The number of amides is 1. The van der Waals surface area contributed by atoms with Crippen molar-refractivity contribution >= 4 is 5.91 Å². The molecule has 1 fully saturated rings. The van der Waals surface area contributed by atoms with Crippen LogP contribution in [0.2, 0.25) is 0 Å². The van der Waals surface area contributed by atoms with E-state index >= 15 is 0 Å². The minimum absolute atomic E-state index is 0.0623. The van der Waals surface area contributed by atoms with Crippen LogP contribution in [0.25, 0.3) is 0 Å². The van der Waals surface area contributed by atoms with Gasteiger partial charge in [0.1, 0.15) is 5.75 Å². The number of benzene rings is 1. The van der Waals surface area contributed by atoms with Gasteiger partial charge in [0, 0.05) is 12.6 Å². The zero-order chi connectivity index (χ0) is 14.0. The topological polar surface area (TPSA) is 55.6 Å². The Labute approximate surface area is 114 Å². The van der Waals surface area contributed by atoms with E-state index in [0.717, 1.165) is 24.3 Å². The number of carbonyl (C=O) groups excluding carboxylic acids is 1. The molecule has 0 saturated carbocycles. The molecule has 1 saturated heterocycles. The van der Waals surface area contributed by atoms with E-state index in [9.17, 15) is 4.79 Å². The third kappa shape index (κ3) is 2.73. The van der Waals surface area contributed by atoms with E-state index in [0.29, 0.717) is 6.42 Å². The summed E-state index contributed by atoms with van der Waals surface area (Å²) in [5.74, 6) is 0.947. The van der Waals surface area contributed by atoms with Gasteiger partial charge < -0.3 is 15.4 Å². The van der Waals surface area contributed by atoms with Crippen molar-refractivity contribution in [1.82, 2.24) is 4.90 Å². The quantitative estimate of drug-likeness (QED) is 0.899. The highest BCUT2D eigenvalue weighted by molar-refractivity contribution is 5.80. The molecule has 1 unspecified atom stereocenters. The average Bonchev–Trinajstić information content (AvgIpc) is 2.65. The van der Waals surface area contributed by atoms with Crippen molar-refractivity contribution in [3.8, 4) is 5.75 Å². The van der Waals surface area contributed by atoms with Gasteiger partial charge in [-0.25, -0.2) is 0 Å². The molecule has 104 valence electrons. The van der Waals surface area contributed by atoms with Crippen LogP contribution < -0.4 is 10.5 Å². The molecule has 1 aromatic carbocycles. The number of methoxy groups -OCH3 is 1. The van der Waals surface area contributed by atoms with Crippen molar-refractivity contribution in [3.63, 3.8) is 0 Å². The molecular formula is C15H22N2O2. The number of carbonyl (C=O) groups is 1. The number of nitrogens with zero attached hydrogens (tertiary/aromatic N) is 1. The smallest absolute Gasteiger partial charge is 0.227 e. The number of likely N-dealkylation sites (tertiary alicyclic amines) is 1. The van der Waals surface area contributed by atoms with Crippen LogP contribution >= 0.6 is 0 Å². The van der Waals surface area contributed by atoms with Gasteiger partial charge in [0.05, 0.1) is 19.1 Å². The molecule has 0 aromatic heterocycles. The van der Waals surface area contributed by atoms with Crippen LogP contribution in [-0.4, -0.2) is 36.0 Å². The normalized spacial score (nSPS) is 21.5. The molecular weight excluding hydrogens is 240 g/mol. The second-order valence-electron chi connectivity index (χ2n) is 5.62. The van der Waals surface area contributed by atoms with Gasteiger partial charge in [-0.05, 0) is 38.0 Å². The third-order valence-electron chi connectivity index (χ3n) is 4.08. The molecule has 0 radical (unpaired) electrons. The average molecular weight is 262 g/mol. The Morgan fingerprint density at radius 2 is 2.05 bits per heavy atom. The summed E-state index contributed by atoms with van der Waals surface area (Å²) in [5, 5.41) is 0. The summed E-state index contributed by atoms with van der Waals surface area (Å²) >= 11 is 0. The summed E-state index contributed by atoms with van der Waals surface area (Å²) in [4.78, 5) is 14.3. The Kier molecular flexibility index (Phi) is 3.80. The summed E-state index contributed by atoms with van der Waals surface area (Å²) in [6, 6.07) is 7.68. The van der Waals surface area contributed by atoms with Gasteiger partial charge >= 0.3 is 0 Å². The second kappa shape index (κ2) is 5.21. The summed E-state index contributed by atoms with van der Waals surface area (Å²) in [6.45, 7) is 4.83. The van der Waals surface area contributed by atoms with Gasteiger partial charge in [0.2, 0.25) is 5.91 Å². The maximum Gasteiger partial charge on any atom is 0.227 e. The minimum Gasteiger partial charge on any atom is -0.497 e. The van der Waals surface area contributed by atoms with E-state index in [1.165, 1.54) is 0 Å². The van der Waals surface area contributed by atoms with Gasteiger partial charge in [-0.1, -0.05) is 12.1 Å². The standard InChI is InChI=1S/C15H22N2O2/c1-15(2)13(16)8-9-17(15)14(18)10-11-4-6-12(19-3)7-5-11/h4-7,13H,8-10,16H2,1-3H3.